The molecule has 2 aromatic rings. The van der Waals surface area contributed by atoms with E-state index in [1.807, 2.05) is 36.4 Å². The molecule has 0 fully saturated rings. The number of para-hydroxylation sites is 2. The summed E-state index contributed by atoms with van der Waals surface area (Å²) < 4.78 is 10.9. The SMILES string of the molecule is COc1ccccc1[C@@H](C)NCCCN[C@H](C)c1ccccc1OC. The van der Waals surface area contributed by atoms with Crippen molar-refractivity contribution in [1.82, 2.24) is 10.6 Å². The van der Waals surface area contributed by atoms with E-state index in [9.17, 15) is 0 Å². The number of hydrogen-bond acceptors (Lipinski definition) is 4. The molecule has 2 aromatic carbocycles. The third kappa shape index (κ3) is 5.48. The molecule has 4 heteroatoms. The third-order valence-corrected chi connectivity index (χ3v) is 4.47. The molecule has 2 rings (SSSR count). The van der Waals surface area contributed by atoms with Crippen LogP contribution in [0.2, 0.25) is 0 Å². The zero-order valence-electron chi connectivity index (χ0n) is 15.7. The van der Waals surface area contributed by atoms with Crippen molar-refractivity contribution in [2.75, 3.05) is 27.3 Å². The standard InChI is InChI=1S/C21H30N2O2/c1-16(18-10-5-7-12-20(18)24-3)22-14-9-15-23-17(2)19-11-6-8-13-21(19)25-4/h5-8,10-13,16-17,22-23H,9,14-15H2,1-4H3/t16-,17-/m1/s1. The van der Waals surface area contributed by atoms with Crippen LogP contribution >= 0.6 is 0 Å². The average molecular weight is 342 g/mol. The maximum atomic E-state index is 5.43. The van der Waals surface area contributed by atoms with Gasteiger partial charge in [-0.05, 0) is 45.5 Å². The van der Waals surface area contributed by atoms with Gasteiger partial charge in [0, 0.05) is 23.2 Å². The van der Waals surface area contributed by atoms with E-state index < -0.39 is 0 Å². The van der Waals surface area contributed by atoms with Gasteiger partial charge in [-0.15, -0.1) is 0 Å². The van der Waals surface area contributed by atoms with Gasteiger partial charge in [-0.25, -0.2) is 0 Å². The van der Waals surface area contributed by atoms with Crippen molar-refractivity contribution in [2.45, 2.75) is 32.4 Å². The van der Waals surface area contributed by atoms with Crippen LogP contribution in [0.1, 0.15) is 43.5 Å². The average Bonchev–Trinajstić information content (AvgIpc) is 2.67. The monoisotopic (exact) mass is 342 g/mol. The second kappa shape index (κ2) is 10.1. The maximum Gasteiger partial charge on any atom is 0.123 e. The Kier molecular flexibility index (Phi) is 7.76. The number of rotatable bonds is 10. The van der Waals surface area contributed by atoms with Crippen molar-refractivity contribution in [3.63, 3.8) is 0 Å². The van der Waals surface area contributed by atoms with Crippen molar-refractivity contribution >= 4 is 0 Å². The molecule has 0 aliphatic carbocycles. The topological polar surface area (TPSA) is 42.5 Å². The highest BCUT2D eigenvalue weighted by Crippen LogP contribution is 2.25. The van der Waals surface area contributed by atoms with Gasteiger partial charge >= 0.3 is 0 Å². The Bertz CT molecular complexity index is 590. The third-order valence-electron chi connectivity index (χ3n) is 4.47. The molecule has 0 aliphatic rings. The number of hydrogen-bond donors (Lipinski definition) is 2. The van der Waals surface area contributed by atoms with Crippen molar-refractivity contribution in [3.8, 4) is 11.5 Å². The predicted octanol–water partition coefficient (Wildman–Crippen LogP) is 4.10. The first-order valence-electron chi connectivity index (χ1n) is 8.90. The van der Waals surface area contributed by atoms with E-state index in [2.05, 4.69) is 36.6 Å². The Hall–Kier alpha value is -2.04. The van der Waals surface area contributed by atoms with Gasteiger partial charge in [0.1, 0.15) is 11.5 Å². The lowest BCUT2D eigenvalue weighted by Gasteiger charge is -2.19. The fourth-order valence-corrected chi connectivity index (χ4v) is 2.99. The molecule has 0 bridgehead atoms. The van der Waals surface area contributed by atoms with Gasteiger partial charge in [0.25, 0.3) is 0 Å². The van der Waals surface area contributed by atoms with E-state index in [0.29, 0.717) is 0 Å². The first-order valence-corrected chi connectivity index (χ1v) is 8.90. The summed E-state index contributed by atoms with van der Waals surface area (Å²) in [6.07, 6.45) is 1.05. The summed E-state index contributed by atoms with van der Waals surface area (Å²) in [5, 5.41) is 7.13. The first-order chi connectivity index (χ1) is 12.2. The molecule has 0 radical (unpaired) electrons. The Morgan fingerprint density at radius 2 is 1.12 bits per heavy atom. The Balaban J connectivity index is 1.74. The summed E-state index contributed by atoms with van der Waals surface area (Å²) in [6, 6.07) is 16.9. The Morgan fingerprint density at radius 1 is 0.720 bits per heavy atom. The summed E-state index contributed by atoms with van der Waals surface area (Å²) in [4.78, 5) is 0. The second-order valence-electron chi connectivity index (χ2n) is 6.19. The minimum absolute atomic E-state index is 0.266. The molecular formula is C21H30N2O2. The van der Waals surface area contributed by atoms with Gasteiger partial charge in [0.05, 0.1) is 14.2 Å². The largest absolute Gasteiger partial charge is 0.496 e. The molecular weight excluding hydrogens is 312 g/mol. The molecule has 0 spiro atoms. The highest BCUT2D eigenvalue weighted by Gasteiger charge is 2.11. The highest BCUT2D eigenvalue weighted by molar-refractivity contribution is 5.36. The smallest absolute Gasteiger partial charge is 0.123 e. The lowest BCUT2D eigenvalue weighted by Crippen LogP contribution is -2.26. The van der Waals surface area contributed by atoms with E-state index in [1.54, 1.807) is 14.2 Å². The van der Waals surface area contributed by atoms with Gasteiger partial charge in [-0.3, -0.25) is 0 Å². The molecule has 0 heterocycles. The Morgan fingerprint density at radius 3 is 1.52 bits per heavy atom. The molecule has 4 nitrogen and oxygen atoms in total. The van der Waals surface area contributed by atoms with E-state index in [-0.39, 0.29) is 12.1 Å². The number of nitrogens with one attached hydrogen (secondary N) is 2. The molecule has 0 aromatic heterocycles. The molecule has 0 saturated carbocycles. The van der Waals surface area contributed by atoms with Crippen LogP contribution in [0.5, 0.6) is 11.5 Å². The summed E-state index contributed by atoms with van der Waals surface area (Å²) in [6.45, 7) is 6.24. The molecule has 136 valence electrons. The fraction of sp³-hybridized carbons (Fsp3) is 0.429. The number of methoxy groups -OCH3 is 2. The van der Waals surface area contributed by atoms with Crippen molar-refractivity contribution < 1.29 is 9.47 Å². The van der Waals surface area contributed by atoms with Gasteiger partial charge < -0.3 is 20.1 Å². The van der Waals surface area contributed by atoms with E-state index >= 15 is 0 Å². The first kappa shape index (κ1) is 19.3. The van der Waals surface area contributed by atoms with Crippen LogP contribution in [0.15, 0.2) is 48.5 Å². The van der Waals surface area contributed by atoms with Crippen LogP contribution in [0.4, 0.5) is 0 Å². The van der Waals surface area contributed by atoms with Crippen LogP contribution in [-0.2, 0) is 0 Å². The molecule has 0 unspecified atom stereocenters. The van der Waals surface area contributed by atoms with Crippen LogP contribution in [-0.4, -0.2) is 27.3 Å². The molecule has 0 amide bonds. The van der Waals surface area contributed by atoms with Gasteiger partial charge in [-0.1, -0.05) is 36.4 Å². The highest BCUT2D eigenvalue weighted by atomic mass is 16.5. The minimum Gasteiger partial charge on any atom is -0.496 e. The molecule has 0 aliphatic heterocycles. The predicted molar refractivity (Wildman–Crippen MR) is 103 cm³/mol. The van der Waals surface area contributed by atoms with Crippen LogP contribution < -0.4 is 20.1 Å². The van der Waals surface area contributed by atoms with Gasteiger partial charge in [-0.2, -0.15) is 0 Å². The van der Waals surface area contributed by atoms with Crippen molar-refractivity contribution in [3.05, 3.63) is 59.7 Å². The fourth-order valence-electron chi connectivity index (χ4n) is 2.99. The van der Waals surface area contributed by atoms with E-state index in [0.717, 1.165) is 31.0 Å². The normalized spacial score (nSPS) is 13.3. The Labute approximate surface area is 151 Å². The summed E-state index contributed by atoms with van der Waals surface area (Å²) in [5.41, 5.74) is 2.39. The van der Waals surface area contributed by atoms with Crippen molar-refractivity contribution in [2.24, 2.45) is 0 Å². The molecule has 0 saturated heterocycles. The minimum atomic E-state index is 0.266. The zero-order valence-corrected chi connectivity index (χ0v) is 15.7. The van der Waals surface area contributed by atoms with Gasteiger partial charge in [0.15, 0.2) is 0 Å². The zero-order chi connectivity index (χ0) is 18.1. The van der Waals surface area contributed by atoms with Crippen LogP contribution in [0.25, 0.3) is 0 Å². The molecule has 2 N–H and O–H groups in total. The van der Waals surface area contributed by atoms with E-state index in [1.165, 1.54) is 11.1 Å². The van der Waals surface area contributed by atoms with Gasteiger partial charge in [0.2, 0.25) is 0 Å². The van der Waals surface area contributed by atoms with E-state index in [4.69, 9.17) is 9.47 Å². The number of ether oxygens (including phenoxy) is 2. The summed E-state index contributed by atoms with van der Waals surface area (Å²) in [5.74, 6) is 1.87. The molecule has 25 heavy (non-hydrogen) atoms. The maximum absolute atomic E-state index is 5.43. The quantitative estimate of drug-likeness (QED) is 0.638. The second-order valence-corrected chi connectivity index (χ2v) is 6.19. The lowest BCUT2D eigenvalue weighted by atomic mass is 10.1. The summed E-state index contributed by atoms with van der Waals surface area (Å²) in [7, 11) is 3.43. The summed E-state index contributed by atoms with van der Waals surface area (Å²) >= 11 is 0. The van der Waals surface area contributed by atoms with Crippen LogP contribution in [0, 0.1) is 0 Å². The van der Waals surface area contributed by atoms with Crippen LogP contribution in [0.3, 0.4) is 0 Å². The number of benzene rings is 2. The lowest BCUT2D eigenvalue weighted by molar-refractivity contribution is 0.398. The van der Waals surface area contributed by atoms with Crippen molar-refractivity contribution in [1.29, 1.82) is 0 Å². The molecule has 2 atom stereocenters.